The zero-order chi connectivity index (χ0) is 14.0. The van der Waals surface area contributed by atoms with E-state index >= 15 is 0 Å². The first-order valence-electron chi connectivity index (χ1n) is 6.18. The van der Waals surface area contributed by atoms with Crippen LogP contribution in [0.4, 0.5) is 0 Å². The van der Waals surface area contributed by atoms with Crippen LogP contribution in [0.2, 0.25) is 10.0 Å². The fraction of sp³-hybridized carbons (Fsp3) is 0.250. The van der Waals surface area contributed by atoms with Gasteiger partial charge in [0.1, 0.15) is 0 Å². The van der Waals surface area contributed by atoms with Crippen molar-refractivity contribution in [3.05, 3.63) is 69.2 Å². The summed E-state index contributed by atoms with van der Waals surface area (Å²) in [5, 5.41) is 1.14. The molecule has 2 N–H and O–H groups in total. The van der Waals surface area contributed by atoms with Crippen molar-refractivity contribution in [1.82, 2.24) is 0 Å². The summed E-state index contributed by atoms with van der Waals surface area (Å²) in [5.41, 5.74) is 9.44. The van der Waals surface area contributed by atoms with E-state index in [1.807, 2.05) is 25.1 Å². The van der Waals surface area contributed by atoms with Gasteiger partial charge >= 0.3 is 0 Å². The van der Waals surface area contributed by atoms with Crippen LogP contribution in [0.5, 0.6) is 0 Å². The molecule has 2 aromatic rings. The molecule has 1 unspecified atom stereocenters. The summed E-state index contributed by atoms with van der Waals surface area (Å²) >= 11 is 12.0. The summed E-state index contributed by atoms with van der Waals surface area (Å²) in [5.74, 6) is 0. The highest BCUT2D eigenvalue weighted by Crippen LogP contribution is 2.27. The van der Waals surface area contributed by atoms with Crippen LogP contribution in [-0.4, -0.2) is 0 Å². The quantitative estimate of drug-likeness (QED) is 0.871. The molecular formula is C16H17Cl2N. The molecule has 1 nitrogen and oxygen atoms in total. The van der Waals surface area contributed by atoms with E-state index in [4.69, 9.17) is 28.9 Å². The Morgan fingerprint density at radius 1 is 1.00 bits per heavy atom. The van der Waals surface area contributed by atoms with Gasteiger partial charge in [-0.3, -0.25) is 0 Å². The van der Waals surface area contributed by atoms with Crippen LogP contribution in [-0.2, 0) is 12.0 Å². The SMILES string of the molecule is Cc1ccc(C(C)(N)Cc2ccc(Cl)c(Cl)c2)cc1. The lowest BCUT2D eigenvalue weighted by atomic mass is 9.86. The van der Waals surface area contributed by atoms with Crippen LogP contribution in [0.25, 0.3) is 0 Å². The van der Waals surface area contributed by atoms with Gasteiger partial charge in [0.2, 0.25) is 0 Å². The van der Waals surface area contributed by atoms with Crippen molar-refractivity contribution < 1.29 is 0 Å². The third-order valence-corrected chi connectivity index (χ3v) is 4.01. The Hall–Kier alpha value is -1.02. The number of aryl methyl sites for hydroxylation is 1. The van der Waals surface area contributed by atoms with Gasteiger partial charge in [0.25, 0.3) is 0 Å². The summed E-state index contributed by atoms with van der Waals surface area (Å²) in [6.45, 7) is 4.09. The van der Waals surface area contributed by atoms with Gasteiger partial charge in [0, 0.05) is 5.54 Å². The van der Waals surface area contributed by atoms with Gasteiger partial charge in [-0.2, -0.15) is 0 Å². The minimum atomic E-state index is -0.426. The Kier molecular flexibility index (Phi) is 4.19. The molecule has 0 aliphatic rings. The maximum atomic E-state index is 6.43. The van der Waals surface area contributed by atoms with Crippen LogP contribution in [0.15, 0.2) is 42.5 Å². The highest BCUT2D eigenvalue weighted by atomic mass is 35.5. The minimum Gasteiger partial charge on any atom is -0.321 e. The van der Waals surface area contributed by atoms with Crippen molar-refractivity contribution in [1.29, 1.82) is 0 Å². The normalized spacial score (nSPS) is 14.2. The summed E-state index contributed by atoms with van der Waals surface area (Å²) in [7, 11) is 0. The van der Waals surface area contributed by atoms with Crippen molar-refractivity contribution in [3.8, 4) is 0 Å². The maximum absolute atomic E-state index is 6.43. The van der Waals surface area contributed by atoms with Crippen molar-refractivity contribution in [2.75, 3.05) is 0 Å². The van der Waals surface area contributed by atoms with Crippen molar-refractivity contribution in [3.63, 3.8) is 0 Å². The summed E-state index contributed by atoms with van der Waals surface area (Å²) in [4.78, 5) is 0. The lowest BCUT2D eigenvalue weighted by Crippen LogP contribution is -2.35. The zero-order valence-corrected chi connectivity index (χ0v) is 12.6. The van der Waals surface area contributed by atoms with Gasteiger partial charge in [-0.15, -0.1) is 0 Å². The Morgan fingerprint density at radius 3 is 2.21 bits per heavy atom. The van der Waals surface area contributed by atoms with E-state index < -0.39 is 5.54 Å². The number of hydrogen-bond donors (Lipinski definition) is 1. The molecule has 0 fully saturated rings. The first kappa shape index (κ1) is 14.4. The molecular weight excluding hydrogens is 277 g/mol. The third-order valence-electron chi connectivity index (χ3n) is 3.27. The second-order valence-corrected chi connectivity index (χ2v) is 6.02. The average Bonchev–Trinajstić information content (AvgIpc) is 2.34. The Balaban J connectivity index is 2.25. The van der Waals surface area contributed by atoms with Crippen LogP contribution in [0.1, 0.15) is 23.6 Å². The third kappa shape index (κ3) is 3.50. The molecule has 100 valence electrons. The molecule has 0 heterocycles. The lowest BCUT2D eigenvalue weighted by molar-refractivity contribution is 0.491. The molecule has 0 aromatic heterocycles. The molecule has 0 bridgehead atoms. The molecule has 0 amide bonds. The number of hydrogen-bond acceptors (Lipinski definition) is 1. The molecule has 0 spiro atoms. The molecule has 0 aliphatic heterocycles. The van der Waals surface area contributed by atoms with Crippen molar-refractivity contribution >= 4 is 23.2 Å². The van der Waals surface area contributed by atoms with E-state index in [1.54, 1.807) is 0 Å². The van der Waals surface area contributed by atoms with E-state index in [-0.39, 0.29) is 0 Å². The van der Waals surface area contributed by atoms with Gasteiger partial charge in [-0.1, -0.05) is 59.1 Å². The molecule has 0 aliphatic carbocycles. The van der Waals surface area contributed by atoms with Crippen LogP contribution in [0.3, 0.4) is 0 Å². The second kappa shape index (κ2) is 5.54. The van der Waals surface area contributed by atoms with E-state index in [9.17, 15) is 0 Å². The zero-order valence-electron chi connectivity index (χ0n) is 11.1. The second-order valence-electron chi connectivity index (χ2n) is 5.21. The number of benzene rings is 2. The first-order valence-corrected chi connectivity index (χ1v) is 6.94. The summed E-state index contributed by atoms with van der Waals surface area (Å²) < 4.78 is 0. The molecule has 2 rings (SSSR count). The van der Waals surface area contributed by atoms with Gasteiger partial charge < -0.3 is 5.73 Å². The Labute approximate surface area is 124 Å². The largest absolute Gasteiger partial charge is 0.321 e. The van der Waals surface area contributed by atoms with Gasteiger partial charge in [-0.05, 0) is 43.5 Å². The highest BCUT2D eigenvalue weighted by molar-refractivity contribution is 6.42. The molecule has 3 heteroatoms. The van der Waals surface area contributed by atoms with Crippen molar-refractivity contribution in [2.45, 2.75) is 25.8 Å². The first-order chi connectivity index (χ1) is 8.88. The van der Waals surface area contributed by atoms with E-state index in [0.717, 1.165) is 11.1 Å². The van der Waals surface area contributed by atoms with Gasteiger partial charge in [-0.25, -0.2) is 0 Å². The Bertz CT molecular complexity index is 574. The fourth-order valence-electron chi connectivity index (χ4n) is 2.11. The molecule has 19 heavy (non-hydrogen) atoms. The van der Waals surface area contributed by atoms with Crippen LogP contribution < -0.4 is 5.73 Å². The number of halogens is 2. The molecule has 0 saturated carbocycles. The van der Waals surface area contributed by atoms with E-state index in [2.05, 4.69) is 31.2 Å². The average molecular weight is 294 g/mol. The summed E-state index contributed by atoms with van der Waals surface area (Å²) in [6.07, 6.45) is 0.715. The molecule has 0 saturated heterocycles. The molecule has 0 radical (unpaired) electrons. The van der Waals surface area contributed by atoms with E-state index in [0.29, 0.717) is 16.5 Å². The topological polar surface area (TPSA) is 26.0 Å². The standard InChI is InChI=1S/C16H17Cl2N/c1-11-3-6-13(7-4-11)16(2,19)10-12-5-8-14(17)15(18)9-12/h3-9H,10,19H2,1-2H3. The monoisotopic (exact) mass is 293 g/mol. The van der Waals surface area contributed by atoms with Crippen LogP contribution in [0, 0.1) is 6.92 Å². The smallest absolute Gasteiger partial charge is 0.0595 e. The maximum Gasteiger partial charge on any atom is 0.0595 e. The van der Waals surface area contributed by atoms with Crippen molar-refractivity contribution in [2.24, 2.45) is 5.73 Å². The predicted octanol–water partition coefficient (Wildman–Crippen LogP) is 4.72. The fourth-order valence-corrected chi connectivity index (χ4v) is 2.43. The number of nitrogens with two attached hydrogens (primary N) is 1. The molecule has 2 aromatic carbocycles. The van der Waals surface area contributed by atoms with Gasteiger partial charge in [0.15, 0.2) is 0 Å². The van der Waals surface area contributed by atoms with E-state index in [1.165, 1.54) is 5.56 Å². The highest BCUT2D eigenvalue weighted by Gasteiger charge is 2.21. The number of rotatable bonds is 3. The minimum absolute atomic E-state index is 0.426. The summed E-state index contributed by atoms with van der Waals surface area (Å²) in [6, 6.07) is 14.0. The van der Waals surface area contributed by atoms with Gasteiger partial charge in [0.05, 0.1) is 10.0 Å². The lowest BCUT2D eigenvalue weighted by Gasteiger charge is -2.25. The molecule has 1 atom stereocenters. The van der Waals surface area contributed by atoms with Crippen LogP contribution >= 0.6 is 23.2 Å². The predicted molar refractivity (Wildman–Crippen MR) is 82.9 cm³/mol. The Morgan fingerprint density at radius 2 is 1.63 bits per heavy atom.